The van der Waals surface area contributed by atoms with Crippen molar-refractivity contribution >= 4 is 18.6 Å². The highest BCUT2D eigenvalue weighted by Crippen LogP contribution is 2.15. The van der Waals surface area contributed by atoms with E-state index in [1.54, 1.807) is 6.08 Å². The Morgan fingerprint density at radius 2 is 1.76 bits per heavy atom. The standard InChI is InChI=1S/C13H16O.CH2N2/c1-13(2,3)12(14)10-9-11-7-5-4-6-8-11;1-3-2/h4-10H,1-3H3;1H2. The number of carbonyl (C=O) groups excluding carboxylic acids is 1. The Morgan fingerprint density at radius 1 is 1.29 bits per heavy atom. The molecule has 3 nitrogen and oxygen atoms in total. The normalized spacial score (nSPS) is 10.3. The fourth-order valence-electron chi connectivity index (χ4n) is 0.986. The largest absolute Gasteiger partial charge is 0.362 e. The summed E-state index contributed by atoms with van der Waals surface area (Å²) in [6, 6.07) is 9.84. The molecule has 1 aromatic carbocycles. The van der Waals surface area contributed by atoms with E-state index in [9.17, 15) is 4.79 Å². The van der Waals surface area contributed by atoms with Crippen LogP contribution >= 0.6 is 0 Å². The Labute approximate surface area is 102 Å². The molecule has 0 aliphatic heterocycles. The lowest BCUT2D eigenvalue weighted by Gasteiger charge is -2.12. The van der Waals surface area contributed by atoms with Gasteiger partial charge >= 0.3 is 0 Å². The van der Waals surface area contributed by atoms with Crippen LogP contribution in [0.1, 0.15) is 26.3 Å². The summed E-state index contributed by atoms with van der Waals surface area (Å²) >= 11 is 0. The second-order valence-electron chi connectivity index (χ2n) is 4.50. The summed E-state index contributed by atoms with van der Waals surface area (Å²) in [6.45, 7) is 8.43. The molecule has 0 spiro atoms. The van der Waals surface area contributed by atoms with E-state index in [1.165, 1.54) is 0 Å². The van der Waals surface area contributed by atoms with Crippen LogP contribution in [0.4, 0.5) is 0 Å². The summed E-state index contributed by atoms with van der Waals surface area (Å²) in [5.74, 6) is 0.154. The lowest BCUT2D eigenvalue weighted by Crippen LogP contribution is -2.17. The fraction of sp³-hybridized carbons (Fsp3) is 0.286. The maximum atomic E-state index is 11.6. The van der Waals surface area contributed by atoms with Crippen LogP contribution in [-0.4, -0.2) is 17.3 Å². The summed E-state index contributed by atoms with van der Waals surface area (Å²) in [4.78, 5) is 13.8. The molecule has 0 fully saturated rings. The average Bonchev–Trinajstić information content (AvgIpc) is 2.27. The van der Waals surface area contributed by atoms with Gasteiger partial charge in [0.25, 0.3) is 0 Å². The van der Waals surface area contributed by atoms with E-state index < -0.39 is 0 Å². The van der Waals surface area contributed by atoms with Crippen LogP contribution < -0.4 is 0 Å². The molecule has 0 saturated carbocycles. The van der Waals surface area contributed by atoms with E-state index in [1.807, 2.05) is 57.2 Å². The van der Waals surface area contributed by atoms with E-state index in [0.29, 0.717) is 0 Å². The first-order valence-electron chi connectivity index (χ1n) is 5.29. The SMILES string of the molecule is C=[N+]=[N-].CC(C)(C)C(=O)C=Cc1ccccc1. The first-order chi connectivity index (χ1) is 7.91. The predicted molar refractivity (Wildman–Crippen MR) is 70.7 cm³/mol. The van der Waals surface area contributed by atoms with Gasteiger partial charge in [0.15, 0.2) is 5.78 Å². The number of carbonyl (C=O) groups is 1. The number of benzene rings is 1. The monoisotopic (exact) mass is 230 g/mol. The van der Waals surface area contributed by atoms with E-state index in [-0.39, 0.29) is 11.2 Å². The van der Waals surface area contributed by atoms with E-state index in [4.69, 9.17) is 5.53 Å². The average molecular weight is 230 g/mol. The molecular weight excluding hydrogens is 212 g/mol. The van der Waals surface area contributed by atoms with Crippen molar-refractivity contribution in [2.24, 2.45) is 5.41 Å². The van der Waals surface area contributed by atoms with Crippen molar-refractivity contribution < 1.29 is 9.58 Å². The highest BCUT2D eigenvalue weighted by molar-refractivity contribution is 5.97. The van der Waals surface area contributed by atoms with Gasteiger partial charge in [0.2, 0.25) is 6.72 Å². The van der Waals surface area contributed by atoms with E-state index >= 15 is 0 Å². The minimum atomic E-state index is -0.286. The quantitative estimate of drug-likeness (QED) is 0.333. The van der Waals surface area contributed by atoms with Crippen molar-refractivity contribution in [1.29, 1.82) is 0 Å². The zero-order chi connectivity index (χ0) is 13.3. The third kappa shape index (κ3) is 6.98. The zero-order valence-electron chi connectivity index (χ0n) is 10.6. The summed E-state index contributed by atoms with van der Waals surface area (Å²) in [7, 11) is 0. The van der Waals surface area contributed by atoms with Gasteiger partial charge in [-0.3, -0.25) is 4.79 Å². The van der Waals surface area contributed by atoms with Gasteiger partial charge in [0.05, 0.1) is 0 Å². The van der Waals surface area contributed by atoms with Gasteiger partial charge in [-0.1, -0.05) is 57.2 Å². The molecule has 90 valence electrons. The molecule has 0 aromatic heterocycles. The maximum absolute atomic E-state index is 11.6. The molecule has 0 amide bonds. The Kier molecular flexibility index (Phi) is 6.46. The van der Waals surface area contributed by atoms with E-state index in [2.05, 4.69) is 11.5 Å². The molecule has 0 aliphatic carbocycles. The summed E-state index contributed by atoms with van der Waals surface area (Å²) in [5, 5.41) is 0. The third-order valence-corrected chi connectivity index (χ3v) is 1.97. The van der Waals surface area contributed by atoms with Gasteiger partial charge in [0, 0.05) is 5.41 Å². The van der Waals surface area contributed by atoms with Crippen molar-refractivity contribution in [3.05, 3.63) is 47.5 Å². The number of allylic oxidation sites excluding steroid dienone is 1. The Hall–Kier alpha value is -1.99. The molecule has 0 bridgehead atoms. The van der Waals surface area contributed by atoms with Gasteiger partial charge in [-0.2, -0.15) is 4.79 Å². The molecule has 0 unspecified atom stereocenters. The fourth-order valence-corrected chi connectivity index (χ4v) is 0.986. The lowest BCUT2D eigenvalue weighted by molar-refractivity contribution is -0.121. The number of rotatable bonds is 2. The number of hydrogen-bond donors (Lipinski definition) is 0. The zero-order valence-corrected chi connectivity index (χ0v) is 10.6. The van der Waals surface area contributed by atoms with Gasteiger partial charge in [-0.25, -0.2) is 0 Å². The van der Waals surface area contributed by atoms with Crippen molar-refractivity contribution in [3.8, 4) is 0 Å². The van der Waals surface area contributed by atoms with Crippen LogP contribution in [0.3, 0.4) is 0 Å². The molecule has 0 atom stereocenters. The number of hydrogen-bond acceptors (Lipinski definition) is 1. The Balaban J connectivity index is 0.000000770. The Bertz CT molecular complexity index is 408. The van der Waals surface area contributed by atoms with Gasteiger partial charge in [0.1, 0.15) is 0 Å². The topological polar surface area (TPSA) is 53.5 Å². The van der Waals surface area contributed by atoms with Crippen LogP contribution in [0.15, 0.2) is 36.4 Å². The molecule has 1 aromatic rings. The van der Waals surface area contributed by atoms with Gasteiger partial charge in [-0.05, 0) is 11.6 Å². The van der Waals surface area contributed by atoms with Gasteiger partial charge in [-0.15, -0.1) is 0 Å². The number of ketones is 1. The van der Waals surface area contributed by atoms with Crippen molar-refractivity contribution in [2.75, 3.05) is 0 Å². The highest BCUT2D eigenvalue weighted by Gasteiger charge is 2.17. The van der Waals surface area contributed by atoms with Crippen molar-refractivity contribution in [2.45, 2.75) is 20.8 Å². The first-order valence-corrected chi connectivity index (χ1v) is 5.29. The molecule has 0 aliphatic rings. The Morgan fingerprint density at radius 3 is 2.18 bits per heavy atom. The molecule has 0 heterocycles. The molecule has 0 N–H and O–H groups in total. The smallest absolute Gasteiger partial charge is 0.245 e. The summed E-state index contributed by atoms with van der Waals surface area (Å²) in [5.41, 5.74) is 7.86. The van der Waals surface area contributed by atoms with Crippen LogP contribution in [0.2, 0.25) is 0 Å². The van der Waals surface area contributed by atoms with Crippen molar-refractivity contribution in [1.82, 2.24) is 0 Å². The second-order valence-corrected chi connectivity index (χ2v) is 4.50. The first kappa shape index (κ1) is 15.0. The van der Waals surface area contributed by atoms with E-state index in [0.717, 1.165) is 5.56 Å². The number of nitrogens with zero attached hydrogens (tertiary/aromatic N) is 2. The molecule has 1 rings (SSSR count). The molecule has 0 radical (unpaired) electrons. The summed E-state index contributed by atoms with van der Waals surface area (Å²) < 4.78 is 0. The molecule has 17 heavy (non-hydrogen) atoms. The predicted octanol–water partition coefficient (Wildman–Crippen LogP) is 3.23. The van der Waals surface area contributed by atoms with Crippen LogP contribution in [0.25, 0.3) is 11.6 Å². The minimum Gasteiger partial charge on any atom is -0.362 e. The second kappa shape index (κ2) is 7.31. The van der Waals surface area contributed by atoms with Gasteiger partial charge < -0.3 is 5.53 Å². The molecule has 3 heteroatoms. The van der Waals surface area contributed by atoms with Crippen LogP contribution in [0, 0.1) is 5.41 Å². The molecular formula is C14H18N2O. The minimum absolute atomic E-state index is 0.154. The van der Waals surface area contributed by atoms with Crippen LogP contribution in [-0.2, 0) is 4.79 Å². The molecule has 0 saturated heterocycles. The lowest BCUT2D eigenvalue weighted by atomic mass is 9.90. The summed E-state index contributed by atoms with van der Waals surface area (Å²) in [6.07, 6.45) is 3.50. The maximum Gasteiger partial charge on any atom is 0.245 e. The highest BCUT2D eigenvalue weighted by atomic mass is 16.1. The van der Waals surface area contributed by atoms with Crippen molar-refractivity contribution in [3.63, 3.8) is 0 Å². The third-order valence-electron chi connectivity index (χ3n) is 1.97. The van der Waals surface area contributed by atoms with Crippen LogP contribution in [0.5, 0.6) is 0 Å².